The van der Waals surface area contributed by atoms with E-state index in [1.165, 1.54) is 35.7 Å². The molecular formula is C36H40F6N6O3. The summed E-state index contributed by atoms with van der Waals surface area (Å²) in [6.45, 7) is 9.06. The molecule has 0 aliphatic carbocycles. The summed E-state index contributed by atoms with van der Waals surface area (Å²) in [4.78, 5) is 18.9. The number of benzene rings is 2. The molecule has 51 heavy (non-hydrogen) atoms. The predicted molar refractivity (Wildman–Crippen MR) is 177 cm³/mol. The Balaban J connectivity index is 1.45. The first-order valence-corrected chi connectivity index (χ1v) is 16.7. The van der Waals surface area contributed by atoms with Crippen LogP contribution in [0.15, 0.2) is 36.4 Å². The van der Waals surface area contributed by atoms with E-state index in [-0.39, 0.29) is 40.4 Å². The summed E-state index contributed by atoms with van der Waals surface area (Å²) >= 11 is 0. The lowest BCUT2D eigenvalue weighted by Gasteiger charge is -2.43. The van der Waals surface area contributed by atoms with Crippen LogP contribution in [0.3, 0.4) is 0 Å². The predicted octanol–water partition coefficient (Wildman–Crippen LogP) is 7.79. The number of piperidine rings is 1. The fraction of sp³-hybridized carbons (Fsp3) is 0.472. The molecule has 0 N–H and O–H groups in total. The Morgan fingerprint density at radius 3 is 1.76 bits per heavy atom. The van der Waals surface area contributed by atoms with Gasteiger partial charge < -0.3 is 19.3 Å². The second-order valence-electron chi connectivity index (χ2n) is 13.2. The quantitative estimate of drug-likeness (QED) is 0.182. The first kappa shape index (κ1) is 36.3. The second kappa shape index (κ2) is 13.5. The van der Waals surface area contributed by atoms with Gasteiger partial charge in [0.1, 0.15) is 22.9 Å². The van der Waals surface area contributed by atoms with Gasteiger partial charge in [-0.05, 0) is 103 Å². The third kappa shape index (κ3) is 6.67. The zero-order valence-corrected chi connectivity index (χ0v) is 29.2. The molecule has 9 nitrogen and oxygen atoms in total. The van der Waals surface area contributed by atoms with Crippen molar-refractivity contribution in [2.75, 3.05) is 33.9 Å². The summed E-state index contributed by atoms with van der Waals surface area (Å²) in [5, 5.41) is 9.22. The number of nitrogens with zero attached hydrogens (tertiary/aromatic N) is 6. The van der Waals surface area contributed by atoms with E-state index in [9.17, 15) is 31.1 Å². The molecule has 15 heteroatoms. The summed E-state index contributed by atoms with van der Waals surface area (Å²) in [5.41, 5.74) is 1.17. The van der Waals surface area contributed by atoms with Crippen LogP contribution in [0, 0.1) is 27.7 Å². The molecule has 1 amide bonds. The number of methoxy groups -OCH3 is 2. The van der Waals surface area contributed by atoms with E-state index < -0.39 is 29.5 Å². The topological polar surface area (TPSA) is 77.7 Å². The Morgan fingerprint density at radius 1 is 0.745 bits per heavy atom. The van der Waals surface area contributed by atoms with Gasteiger partial charge in [0, 0.05) is 23.8 Å². The van der Waals surface area contributed by atoms with E-state index in [0.717, 1.165) is 50.2 Å². The van der Waals surface area contributed by atoms with E-state index in [1.807, 2.05) is 0 Å². The zero-order chi connectivity index (χ0) is 37.0. The third-order valence-electron chi connectivity index (χ3n) is 10.1. The lowest BCUT2D eigenvalue weighted by Crippen LogP contribution is -2.48. The molecule has 2 aromatic carbocycles. The number of ether oxygens (including phenoxy) is 2. The third-order valence-corrected chi connectivity index (χ3v) is 10.1. The average molecular weight is 719 g/mol. The van der Waals surface area contributed by atoms with Gasteiger partial charge in [0.15, 0.2) is 0 Å². The molecule has 2 unspecified atom stereocenters. The largest absolute Gasteiger partial charge is 0.494 e. The molecule has 0 spiro atoms. The van der Waals surface area contributed by atoms with Crippen LogP contribution in [-0.2, 0) is 12.4 Å². The Hall–Kier alpha value is -4.53. The molecule has 6 rings (SSSR count). The van der Waals surface area contributed by atoms with Crippen LogP contribution in [0.5, 0.6) is 11.5 Å². The summed E-state index contributed by atoms with van der Waals surface area (Å²) < 4.78 is 96.1. The average Bonchev–Trinajstić information content (AvgIpc) is 3.80. The van der Waals surface area contributed by atoms with E-state index in [0.29, 0.717) is 47.7 Å². The first-order valence-electron chi connectivity index (χ1n) is 16.7. The van der Waals surface area contributed by atoms with Gasteiger partial charge in [0.25, 0.3) is 5.91 Å². The van der Waals surface area contributed by atoms with Gasteiger partial charge in [-0.2, -0.15) is 36.5 Å². The van der Waals surface area contributed by atoms with Crippen LogP contribution in [0.2, 0.25) is 0 Å². The number of hydrogen-bond acceptors (Lipinski definition) is 6. The van der Waals surface area contributed by atoms with Crippen LogP contribution >= 0.6 is 0 Å². The van der Waals surface area contributed by atoms with E-state index in [1.54, 1.807) is 32.6 Å². The smallest absolute Gasteiger partial charge is 0.416 e. The maximum atomic E-state index is 14.7. The first-order chi connectivity index (χ1) is 24.0. The van der Waals surface area contributed by atoms with Crippen molar-refractivity contribution in [1.82, 2.24) is 29.4 Å². The number of amides is 1. The second-order valence-corrected chi connectivity index (χ2v) is 13.2. The number of alkyl halides is 6. The molecule has 2 aliphatic rings. The molecule has 0 saturated carbocycles. The van der Waals surface area contributed by atoms with Gasteiger partial charge in [-0.1, -0.05) is 0 Å². The van der Waals surface area contributed by atoms with E-state index in [2.05, 4.69) is 10.00 Å². The van der Waals surface area contributed by atoms with Crippen LogP contribution < -0.4 is 9.47 Å². The molecule has 2 atom stereocenters. The van der Waals surface area contributed by atoms with Gasteiger partial charge in [-0.15, -0.1) is 0 Å². The van der Waals surface area contributed by atoms with E-state index >= 15 is 0 Å². The van der Waals surface area contributed by atoms with Gasteiger partial charge in [0.05, 0.1) is 54.0 Å². The number of likely N-dealkylation sites (tertiary alicyclic amines) is 2. The number of rotatable bonds is 7. The Kier molecular flexibility index (Phi) is 9.63. The van der Waals surface area contributed by atoms with Crippen molar-refractivity contribution in [2.45, 2.75) is 77.8 Å². The molecule has 0 radical (unpaired) electrons. The summed E-state index contributed by atoms with van der Waals surface area (Å²) in [6.07, 6.45) is -5.79. The fourth-order valence-corrected chi connectivity index (χ4v) is 7.67. The molecule has 2 aromatic heterocycles. The summed E-state index contributed by atoms with van der Waals surface area (Å²) in [5.74, 6) is 0.00575. The minimum Gasteiger partial charge on any atom is -0.494 e. The SMILES string of the molecule is COc1ccc(C(F)(F)F)cc1-n1nc(C)c(C(=O)N2CCC(N3CCCC3)CC2c2c(C)nn(-c3cc(C(F)(F)F)ccc3OC)c2C)c1C. The molecule has 4 aromatic rings. The minimum atomic E-state index is -4.61. The highest BCUT2D eigenvalue weighted by Crippen LogP contribution is 2.42. The van der Waals surface area contributed by atoms with Gasteiger partial charge in [-0.25, -0.2) is 9.36 Å². The van der Waals surface area contributed by atoms with Gasteiger partial charge >= 0.3 is 12.4 Å². The molecule has 2 fully saturated rings. The molecule has 2 aliphatic heterocycles. The van der Waals surface area contributed by atoms with E-state index in [4.69, 9.17) is 14.6 Å². The maximum Gasteiger partial charge on any atom is 0.416 e. The molecule has 2 saturated heterocycles. The number of carbonyl (C=O) groups is 1. The van der Waals surface area contributed by atoms with Gasteiger partial charge in [-0.3, -0.25) is 4.79 Å². The lowest BCUT2D eigenvalue weighted by molar-refractivity contribution is -0.138. The molecule has 0 bridgehead atoms. The lowest BCUT2D eigenvalue weighted by atomic mass is 9.89. The molecule has 4 heterocycles. The fourth-order valence-electron chi connectivity index (χ4n) is 7.67. The highest BCUT2D eigenvalue weighted by atomic mass is 19.4. The van der Waals surface area contributed by atoms with Crippen molar-refractivity contribution in [2.24, 2.45) is 0 Å². The van der Waals surface area contributed by atoms with Gasteiger partial charge in [0.2, 0.25) is 0 Å². The maximum absolute atomic E-state index is 14.7. The summed E-state index contributed by atoms with van der Waals surface area (Å²) in [7, 11) is 2.72. The minimum absolute atomic E-state index is 0.0410. The van der Waals surface area contributed by atoms with Crippen molar-refractivity contribution < 1.29 is 40.6 Å². The monoisotopic (exact) mass is 718 g/mol. The Bertz CT molecular complexity index is 1940. The van der Waals surface area contributed by atoms with Crippen LogP contribution in [-0.4, -0.2) is 75.2 Å². The van der Waals surface area contributed by atoms with Crippen molar-refractivity contribution in [3.05, 3.63) is 81.4 Å². The number of aryl methyl sites for hydroxylation is 2. The van der Waals surface area contributed by atoms with Crippen LogP contribution in [0.1, 0.15) is 81.5 Å². The van der Waals surface area contributed by atoms with Crippen molar-refractivity contribution in [3.63, 3.8) is 0 Å². The Labute approximate surface area is 291 Å². The number of halogens is 6. The molecule has 274 valence electrons. The van der Waals surface area contributed by atoms with Crippen molar-refractivity contribution in [3.8, 4) is 22.9 Å². The highest BCUT2D eigenvalue weighted by molar-refractivity contribution is 5.97. The zero-order valence-electron chi connectivity index (χ0n) is 29.2. The van der Waals surface area contributed by atoms with Crippen molar-refractivity contribution in [1.29, 1.82) is 0 Å². The number of hydrogen-bond donors (Lipinski definition) is 0. The van der Waals surface area contributed by atoms with Crippen LogP contribution in [0.4, 0.5) is 26.3 Å². The summed E-state index contributed by atoms with van der Waals surface area (Å²) in [6, 6.07) is 5.96. The highest BCUT2D eigenvalue weighted by Gasteiger charge is 2.41. The molecular weight excluding hydrogens is 678 g/mol. The normalized spacial score (nSPS) is 18.8. The standard InChI is InChI=1S/C36H40F6N6O3/c1-20-32(22(3)47(43-20)27-17-24(35(37,38)39)9-11-30(27)50-5)29-19-26(45-14-7-8-15-45)13-16-46(29)34(49)33-21(2)44-48(23(33)4)28-18-25(36(40,41)42)10-12-31(28)51-6/h9-12,17-18,26,29H,7-8,13-16,19H2,1-6H3. The van der Waals surface area contributed by atoms with Crippen molar-refractivity contribution >= 4 is 5.91 Å². The Morgan fingerprint density at radius 2 is 1.25 bits per heavy atom. The number of aromatic nitrogens is 4. The van der Waals surface area contributed by atoms with Crippen LogP contribution in [0.25, 0.3) is 11.4 Å². The number of carbonyl (C=O) groups excluding carboxylic acids is 1.